The summed E-state index contributed by atoms with van der Waals surface area (Å²) in [6.45, 7) is 0.756. The first-order valence-corrected chi connectivity index (χ1v) is 8.81. The lowest BCUT2D eigenvalue weighted by Gasteiger charge is -2.13. The maximum absolute atomic E-state index is 12.3. The monoisotopic (exact) mass is 347 g/mol. The van der Waals surface area contributed by atoms with Gasteiger partial charge in [-0.05, 0) is 62.4 Å². The van der Waals surface area contributed by atoms with Crippen LogP contribution < -0.4 is 10.6 Å². The molecule has 2 aromatic rings. The molecule has 6 nitrogen and oxygen atoms in total. The SMILES string of the molecule is N#Cc1ccc(NC(=O)c2ccnc(NCCC3=CCCCC3)n2)cc1. The summed E-state index contributed by atoms with van der Waals surface area (Å²) in [5.41, 5.74) is 2.94. The standard InChI is InChI=1S/C20H21N5O/c21-14-16-6-8-17(9-7-16)24-19(26)18-11-13-23-20(25-18)22-12-10-15-4-2-1-3-5-15/h4,6-9,11,13H,1-3,5,10,12H2,(H,24,26)(H,22,23,25). The molecule has 0 saturated heterocycles. The third kappa shape index (κ3) is 4.90. The van der Waals surface area contributed by atoms with Gasteiger partial charge in [0.2, 0.25) is 5.95 Å². The van der Waals surface area contributed by atoms with Gasteiger partial charge < -0.3 is 10.6 Å². The van der Waals surface area contributed by atoms with Crippen molar-refractivity contribution in [3.8, 4) is 6.07 Å². The number of nitrogens with zero attached hydrogens (tertiary/aromatic N) is 3. The fraction of sp³-hybridized carbons (Fsp3) is 0.300. The number of amides is 1. The molecule has 26 heavy (non-hydrogen) atoms. The molecular weight excluding hydrogens is 326 g/mol. The number of rotatable bonds is 6. The number of nitrogens with one attached hydrogen (secondary N) is 2. The maximum atomic E-state index is 12.3. The average Bonchev–Trinajstić information content (AvgIpc) is 2.69. The van der Waals surface area contributed by atoms with Crippen LogP contribution in [-0.2, 0) is 0 Å². The van der Waals surface area contributed by atoms with E-state index < -0.39 is 0 Å². The summed E-state index contributed by atoms with van der Waals surface area (Å²) < 4.78 is 0. The van der Waals surface area contributed by atoms with E-state index in [1.165, 1.54) is 31.3 Å². The molecule has 0 spiro atoms. The van der Waals surface area contributed by atoms with Gasteiger partial charge in [0.15, 0.2) is 0 Å². The van der Waals surface area contributed by atoms with Crippen LogP contribution in [0.2, 0.25) is 0 Å². The maximum Gasteiger partial charge on any atom is 0.274 e. The minimum atomic E-state index is -0.310. The molecule has 0 bridgehead atoms. The fourth-order valence-corrected chi connectivity index (χ4v) is 2.86. The number of nitriles is 1. The van der Waals surface area contributed by atoms with Crippen molar-refractivity contribution in [1.82, 2.24) is 9.97 Å². The summed E-state index contributed by atoms with van der Waals surface area (Å²) in [5.74, 6) is 0.143. The third-order valence-electron chi connectivity index (χ3n) is 4.27. The summed E-state index contributed by atoms with van der Waals surface area (Å²) in [7, 11) is 0. The average molecular weight is 347 g/mol. The lowest BCUT2D eigenvalue weighted by atomic mass is 9.97. The van der Waals surface area contributed by atoms with Gasteiger partial charge in [-0.25, -0.2) is 9.97 Å². The van der Waals surface area contributed by atoms with Gasteiger partial charge in [-0.1, -0.05) is 11.6 Å². The molecule has 3 rings (SSSR count). The van der Waals surface area contributed by atoms with E-state index in [-0.39, 0.29) is 5.91 Å². The molecular formula is C20H21N5O. The van der Waals surface area contributed by atoms with Crippen LogP contribution in [0.4, 0.5) is 11.6 Å². The second-order valence-corrected chi connectivity index (χ2v) is 6.19. The van der Waals surface area contributed by atoms with Gasteiger partial charge in [-0.15, -0.1) is 0 Å². The molecule has 0 radical (unpaired) electrons. The minimum absolute atomic E-state index is 0.295. The van der Waals surface area contributed by atoms with Crippen molar-refractivity contribution in [3.05, 3.63) is 59.4 Å². The van der Waals surface area contributed by atoms with Gasteiger partial charge in [0, 0.05) is 18.4 Å². The summed E-state index contributed by atoms with van der Waals surface area (Å²) in [6.07, 6.45) is 9.79. The van der Waals surface area contributed by atoms with Crippen LogP contribution in [0.1, 0.15) is 48.2 Å². The van der Waals surface area contributed by atoms with Crippen molar-refractivity contribution < 1.29 is 4.79 Å². The first-order chi connectivity index (χ1) is 12.7. The van der Waals surface area contributed by atoms with E-state index in [1.54, 1.807) is 36.5 Å². The van der Waals surface area contributed by atoms with Crippen molar-refractivity contribution >= 4 is 17.5 Å². The molecule has 1 aromatic heterocycles. The molecule has 0 unspecified atom stereocenters. The first-order valence-electron chi connectivity index (χ1n) is 8.81. The topological polar surface area (TPSA) is 90.7 Å². The number of anilines is 2. The highest BCUT2D eigenvalue weighted by molar-refractivity contribution is 6.02. The number of allylic oxidation sites excluding steroid dienone is 1. The molecule has 6 heteroatoms. The highest BCUT2D eigenvalue weighted by Gasteiger charge is 2.10. The number of carbonyl (C=O) groups is 1. The second-order valence-electron chi connectivity index (χ2n) is 6.19. The van der Waals surface area contributed by atoms with Crippen LogP contribution in [0.5, 0.6) is 0 Å². The molecule has 132 valence electrons. The van der Waals surface area contributed by atoms with Gasteiger partial charge in [-0.3, -0.25) is 4.79 Å². The van der Waals surface area contributed by atoms with Gasteiger partial charge >= 0.3 is 0 Å². The highest BCUT2D eigenvalue weighted by Crippen LogP contribution is 2.19. The van der Waals surface area contributed by atoms with Crippen molar-refractivity contribution in [2.24, 2.45) is 0 Å². The molecule has 0 aliphatic heterocycles. The van der Waals surface area contributed by atoms with Crippen LogP contribution >= 0.6 is 0 Å². The second kappa shape index (κ2) is 8.77. The quantitative estimate of drug-likeness (QED) is 0.773. The van der Waals surface area contributed by atoms with E-state index >= 15 is 0 Å². The van der Waals surface area contributed by atoms with E-state index in [4.69, 9.17) is 5.26 Å². The van der Waals surface area contributed by atoms with Crippen LogP contribution in [0.25, 0.3) is 0 Å². The number of hydrogen-bond donors (Lipinski definition) is 2. The van der Waals surface area contributed by atoms with Crippen LogP contribution in [0.15, 0.2) is 48.2 Å². The summed E-state index contributed by atoms with van der Waals surface area (Å²) in [4.78, 5) is 20.8. The van der Waals surface area contributed by atoms with Gasteiger partial charge in [0.05, 0.1) is 11.6 Å². The summed E-state index contributed by atoms with van der Waals surface area (Å²) >= 11 is 0. The Morgan fingerprint density at radius 2 is 2.04 bits per heavy atom. The van der Waals surface area contributed by atoms with E-state index in [1.807, 2.05) is 6.07 Å². The highest BCUT2D eigenvalue weighted by atomic mass is 16.1. The number of carbonyl (C=O) groups excluding carboxylic acids is 1. The molecule has 2 N–H and O–H groups in total. The summed E-state index contributed by atoms with van der Waals surface area (Å²) in [5, 5.41) is 14.8. The first kappa shape index (κ1) is 17.6. The lowest BCUT2D eigenvalue weighted by Crippen LogP contribution is -2.15. The van der Waals surface area contributed by atoms with E-state index in [9.17, 15) is 4.79 Å². The molecule has 1 aromatic carbocycles. The Kier molecular flexibility index (Phi) is 5.94. The van der Waals surface area contributed by atoms with Crippen LogP contribution in [-0.4, -0.2) is 22.4 Å². The molecule has 0 saturated carbocycles. The predicted molar refractivity (Wildman–Crippen MR) is 101 cm³/mol. The Hall–Kier alpha value is -3.20. The molecule has 0 fully saturated rings. The molecule has 1 aliphatic rings. The number of hydrogen-bond acceptors (Lipinski definition) is 5. The Morgan fingerprint density at radius 3 is 2.77 bits per heavy atom. The van der Waals surface area contributed by atoms with E-state index in [0.717, 1.165) is 13.0 Å². The Labute approximate surface area is 153 Å². The largest absolute Gasteiger partial charge is 0.354 e. The van der Waals surface area contributed by atoms with Crippen LogP contribution in [0, 0.1) is 11.3 Å². The summed E-state index contributed by atoms with van der Waals surface area (Å²) in [6, 6.07) is 10.3. The zero-order valence-corrected chi connectivity index (χ0v) is 14.5. The normalized spacial score (nSPS) is 13.4. The molecule has 1 aliphatic carbocycles. The molecule has 0 atom stereocenters. The van der Waals surface area contributed by atoms with Crippen molar-refractivity contribution in [2.45, 2.75) is 32.1 Å². The Balaban J connectivity index is 1.56. The van der Waals surface area contributed by atoms with Gasteiger partial charge in [0.1, 0.15) is 5.69 Å². The molecule has 1 heterocycles. The Bertz CT molecular complexity index is 836. The molecule has 1 amide bonds. The van der Waals surface area contributed by atoms with Crippen molar-refractivity contribution in [1.29, 1.82) is 5.26 Å². The number of benzene rings is 1. The zero-order chi connectivity index (χ0) is 18.2. The zero-order valence-electron chi connectivity index (χ0n) is 14.5. The smallest absolute Gasteiger partial charge is 0.274 e. The van der Waals surface area contributed by atoms with Crippen LogP contribution in [0.3, 0.4) is 0 Å². The lowest BCUT2D eigenvalue weighted by molar-refractivity contribution is 0.102. The fourth-order valence-electron chi connectivity index (χ4n) is 2.86. The van der Waals surface area contributed by atoms with Gasteiger partial charge in [-0.2, -0.15) is 5.26 Å². The van der Waals surface area contributed by atoms with E-state index in [0.29, 0.717) is 22.9 Å². The van der Waals surface area contributed by atoms with E-state index in [2.05, 4.69) is 26.7 Å². The number of aromatic nitrogens is 2. The Morgan fingerprint density at radius 1 is 1.19 bits per heavy atom. The minimum Gasteiger partial charge on any atom is -0.354 e. The van der Waals surface area contributed by atoms with Gasteiger partial charge in [0.25, 0.3) is 5.91 Å². The van der Waals surface area contributed by atoms with Crippen molar-refractivity contribution in [3.63, 3.8) is 0 Å². The third-order valence-corrected chi connectivity index (χ3v) is 4.27. The van der Waals surface area contributed by atoms with Crippen molar-refractivity contribution in [2.75, 3.05) is 17.2 Å². The predicted octanol–water partition coefficient (Wildman–Crippen LogP) is 3.90.